The number of ether oxygens (including phenoxy) is 1. The van der Waals surface area contributed by atoms with Crippen molar-refractivity contribution in [2.24, 2.45) is 7.05 Å². The molecule has 0 aliphatic carbocycles. The Balaban J connectivity index is 1.30. The molecule has 174 valence electrons. The van der Waals surface area contributed by atoms with Crippen LogP contribution in [0.15, 0.2) is 59.7 Å². The highest BCUT2D eigenvalue weighted by atomic mass is 19.1. The smallest absolute Gasteiger partial charge is 0.258 e. The minimum Gasteiger partial charge on any atom is -0.487 e. The second kappa shape index (κ2) is 8.40. The van der Waals surface area contributed by atoms with Crippen LogP contribution in [0.1, 0.15) is 42.3 Å². The lowest BCUT2D eigenvalue weighted by atomic mass is 9.89. The molecule has 1 unspecified atom stereocenters. The molecule has 0 spiro atoms. The standard InChI is InChI=1S/C27H27FN4O2/c1-30-23-10-12-31-11-3-2-4-24(31)27(23)22-8-7-20(14-25(22)30)32-13-9-21(15-26(32)33)34-17-19-6-5-18(28)16-29-19/h5-9,13-16,24H,2-4,10-12,17H2,1H3. The molecule has 6 rings (SSSR count). The van der Waals surface area contributed by atoms with E-state index < -0.39 is 5.82 Å². The zero-order chi connectivity index (χ0) is 23.2. The third-order valence-corrected chi connectivity index (χ3v) is 7.28. The molecule has 1 saturated heterocycles. The maximum Gasteiger partial charge on any atom is 0.258 e. The molecule has 34 heavy (non-hydrogen) atoms. The summed E-state index contributed by atoms with van der Waals surface area (Å²) in [6, 6.07) is 13.0. The van der Waals surface area contributed by atoms with Crippen molar-refractivity contribution in [3.8, 4) is 11.4 Å². The number of halogens is 1. The van der Waals surface area contributed by atoms with Gasteiger partial charge in [0.05, 0.1) is 23.1 Å². The van der Waals surface area contributed by atoms with Crippen LogP contribution in [0.2, 0.25) is 0 Å². The summed E-state index contributed by atoms with van der Waals surface area (Å²) in [5.41, 5.74) is 5.36. The number of piperidine rings is 1. The van der Waals surface area contributed by atoms with Gasteiger partial charge in [0.25, 0.3) is 5.56 Å². The molecule has 0 amide bonds. The first-order valence-electron chi connectivity index (χ1n) is 11.9. The lowest BCUT2D eigenvalue weighted by molar-refractivity contribution is 0.138. The molecule has 1 atom stereocenters. The minimum atomic E-state index is -0.390. The van der Waals surface area contributed by atoms with Crippen LogP contribution >= 0.6 is 0 Å². The lowest BCUT2D eigenvalue weighted by Crippen LogP contribution is -2.38. The first kappa shape index (κ1) is 21.1. The maximum absolute atomic E-state index is 13.0. The highest BCUT2D eigenvalue weighted by Crippen LogP contribution is 2.42. The van der Waals surface area contributed by atoms with Gasteiger partial charge in [-0.2, -0.15) is 0 Å². The van der Waals surface area contributed by atoms with Crippen molar-refractivity contribution in [3.05, 3.63) is 88.0 Å². The SMILES string of the molecule is Cn1c2c(c3ccc(-n4ccc(OCc5ccc(F)cn5)cc4=O)cc31)C1CCCCN1CC2. The lowest BCUT2D eigenvalue weighted by Gasteiger charge is -2.39. The molecule has 1 aromatic carbocycles. The molecule has 3 aromatic heterocycles. The highest BCUT2D eigenvalue weighted by molar-refractivity contribution is 5.88. The van der Waals surface area contributed by atoms with Crippen LogP contribution in [0.5, 0.6) is 5.75 Å². The van der Waals surface area contributed by atoms with Crippen molar-refractivity contribution in [1.29, 1.82) is 0 Å². The van der Waals surface area contributed by atoms with Crippen LogP contribution in [-0.4, -0.2) is 32.1 Å². The summed E-state index contributed by atoms with van der Waals surface area (Å²) in [5.74, 6) is 0.0682. The molecule has 0 radical (unpaired) electrons. The van der Waals surface area contributed by atoms with Crippen LogP contribution in [0, 0.1) is 5.82 Å². The zero-order valence-electron chi connectivity index (χ0n) is 19.2. The van der Waals surface area contributed by atoms with Crippen molar-refractivity contribution in [3.63, 3.8) is 0 Å². The Labute approximate surface area is 197 Å². The summed E-state index contributed by atoms with van der Waals surface area (Å²) < 4.78 is 22.7. The number of fused-ring (bicyclic) bond motifs is 5. The van der Waals surface area contributed by atoms with Crippen LogP contribution in [-0.2, 0) is 20.1 Å². The predicted molar refractivity (Wildman–Crippen MR) is 129 cm³/mol. The number of benzene rings is 1. The second-order valence-corrected chi connectivity index (χ2v) is 9.25. The van der Waals surface area contributed by atoms with Gasteiger partial charge in [0, 0.05) is 49.4 Å². The summed E-state index contributed by atoms with van der Waals surface area (Å²) in [4.78, 5) is 19.5. The number of pyridine rings is 2. The molecule has 7 heteroatoms. The number of hydrogen-bond acceptors (Lipinski definition) is 4. The summed E-state index contributed by atoms with van der Waals surface area (Å²) in [5, 5.41) is 1.30. The summed E-state index contributed by atoms with van der Waals surface area (Å²) in [6.07, 6.45) is 7.77. The Bertz CT molecular complexity index is 1420. The molecular weight excluding hydrogens is 431 g/mol. The van der Waals surface area contributed by atoms with Crippen LogP contribution in [0.3, 0.4) is 0 Å². The van der Waals surface area contributed by atoms with E-state index >= 15 is 0 Å². The molecule has 0 bridgehead atoms. The van der Waals surface area contributed by atoms with Crippen molar-refractivity contribution >= 4 is 10.9 Å². The fourth-order valence-electron chi connectivity index (χ4n) is 5.58. The van der Waals surface area contributed by atoms with Crippen LogP contribution in [0.25, 0.3) is 16.6 Å². The van der Waals surface area contributed by atoms with Gasteiger partial charge in [0.15, 0.2) is 0 Å². The quantitative estimate of drug-likeness (QED) is 0.451. The van der Waals surface area contributed by atoms with E-state index in [0.29, 0.717) is 17.5 Å². The average molecular weight is 459 g/mol. The topological polar surface area (TPSA) is 52.3 Å². The molecule has 0 N–H and O–H groups in total. The molecular formula is C27H27FN4O2. The first-order valence-corrected chi connectivity index (χ1v) is 11.9. The average Bonchev–Trinajstić information content (AvgIpc) is 3.15. The Morgan fingerprint density at radius 3 is 2.85 bits per heavy atom. The molecule has 6 nitrogen and oxygen atoms in total. The molecule has 1 fully saturated rings. The Morgan fingerprint density at radius 2 is 2.03 bits per heavy atom. The van der Waals surface area contributed by atoms with E-state index in [0.717, 1.165) is 24.8 Å². The summed E-state index contributed by atoms with van der Waals surface area (Å²) >= 11 is 0. The Morgan fingerprint density at radius 1 is 1.12 bits per heavy atom. The third kappa shape index (κ3) is 3.60. The van der Waals surface area contributed by atoms with Crippen molar-refractivity contribution < 1.29 is 9.13 Å². The fraction of sp³-hybridized carbons (Fsp3) is 0.333. The molecule has 0 saturated carbocycles. The Kier molecular flexibility index (Phi) is 5.21. The zero-order valence-corrected chi connectivity index (χ0v) is 19.2. The minimum absolute atomic E-state index is 0.165. The van der Waals surface area contributed by atoms with Crippen molar-refractivity contribution in [1.82, 2.24) is 19.0 Å². The second-order valence-electron chi connectivity index (χ2n) is 9.25. The monoisotopic (exact) mass is 458 g/mol. The van der Waals surface area contributed by atoms with Gasteiger partial charge in [0.1, 0.15) is 18.2 Å². The number of rotatable bonds is 4. The molecule has 2 aliphatic rings. The number of aryl methyl sites for hydroxylation is 1. The van der Waals surface area contributed by atoms with E-state index in [1.165, 1.54) is 60.1 Å². The van der Waals surface area contributed by atoms with Gasteiger partial charge in [-0.15, -0.1) is 0 Å². The first-order chi connectivity index (χ1) is 16.6. The maximum atomic E-state index is 13.0. The van der Waals surface area contributed by atoms with Crippen LogP contribution < -0.4 is 10.3 Å². The number of nitrogens with zero attached hydrogens (tertiary/aromatic N) is 4. The number of hydrogen-bond donors (Lipinski definition) is 0. The van der Waals surface area contributed by atoms with Gasteiger partial charge in [-0.3, -0.25) is 19.2 Å². The Hall–Kier alpha value is -3.45. The van der Waals surface area contributed by atoms with Crippen LogP contribution in [0.4, 0.5) is 4.39 Å². The van der Waals surface area contributed by atoms with Gasteiger partial charge in [0.2, 0.25) is 0 Å². The molecule has 5 heterocycles. The largest absolute Gasteiger partial charge is 0.487 e. The normalized spacial score (nSPS) is 18.0. The van der Waals surface area contributed by atoms with Gasteiger partial charge in [-0.1, -0.05) is 12.5 Å². The van der Waals surface area contributed by atoms with Crippen molar-refractivity contribution in [2.75, 3.05) is 13.1 Å². The van der Waals surface area contributed by atoms with Gasteiger partial charge in [-0.25, -0.2) is 4.39 Å². The van der Waals surface area contributed by atoms with Crippen molar-refractivity contribution in [2.45, 2.75) is 38.3 Å². The number of aromatic nitrogens is 3. The van der Waals surface area contributed by atoms with E-state index in [1.807, 2.05) is 6.07 Å². The molecule has 2 aliphatic heterocycles. The van der Waals surface area contributed by atoms with Gasteiger partial charge >= 0.3 is 0 Å². The third-order valence-electron chi connectivity index (χ3n) is 7.28. The van der Waals surface area contributed by atoms with Gasteiger partial charge < -0.3 is 9.30 Å². The van der Waals surface area contributed by atoms with E-state index in [9.17, 15) is 9.18 Å². The summed E-state index contributed by atoms with van der Waals surface area (Å²) in [6.45, 7) is 2.49. The van der Waals surface area contributed by atoms with E-state index in [1.54, 1.807) is 22.9 Å². The highest BCUT2D eigenvalue weighted by Gasteiger charge is 2.33. The van der Waals surface area contributed by atoms with E-state index in [4.69, 9.17) is 4.74 Å². The fourth-order valence-corrected chi connectivity index (χ4v) is 5.58. The van der Waals surface area contributed by atoms with E-state index in [2.05, 4.69) is 33.6 Å². The van der Waals surface area contributed by atoms with Gasteiger partial charge in [-0.05, 0) is 55.3 Å². The predicted octanol–water partition coefficient (Wildman–Crippen LogP) is 4.53. The molecule has 4 aromatic rings. The summed E-state index contributed by atoms with van der Waals surface area (Å²) in [7, 11) is 2.15. The van der Waals surface area contributed by atoms with E-state index in [-0.39, 0.29) is 12.2 Å².